The molecule has 6 heteroatoms. The SMILES string of the molecule is Cc1cnc(C(=O)NCc2ccc(CO)c(F)c2)cn1. The van der Waals surface area contributed by atoms with Gasteiger partial charge in [-0.15, -0.1) is 0 Å². The van der Waals surface area contributed by atoms with Gasteiger partial charge in [-0.25, -0.2) is 9.37 Å². The van der Waals surface area contributed by atoms with Crippen LogP contribution in [-0.4, -0.2) is 21.0 Å². The summed E-state index contributed by atoms with van der Waals surface area (Å²) in [7, 11) is 0. The van der Waals surface area contributed by atoms with Gasteiger partial charge in [-0.1, -0.05) is 12.1 Å². The van der Waals surface area contributed by atoms with Crippen molar-refractivity contribution in [1.82, 2.24) is 15.3 Å². The number of aliphatic hydroxyl groups is 1. The van der Waals surface area contributed by atoms with E-state index < -0.39 is 5.82 Å². The Labute approximate surface area is 115 Å². The lowest BCUT2D eigenvalue weighted by atomic mass is 10.1. The van der Waals surface area contributed by atoms with E-state index in [9.17, 15) is 9.18 Å². The maximum atomic E-state index is 13.4. The van der Waals surface area contributed by atoms with Crippen molar-refractivity contribution in [1.29, 1.82) is 0 Å². The summed E-state index contributed by atoms with van der Waals surface area (Å²) in [5.41, 5.74) is 1.77. The zero-order valence-electron chi connectivity index (χ0n) is 10.9. The predicted octanol–water partition coefficient (Wildman–Crippen LogP) is 1.35. The molecule has 0 aliphatic rings. The molecule has 1 amide bonds. The van der Waals surface area contributed by atoms with Crippen molar-refractivity contribution >= 4 is 5.91 Å². The summed E-state index contributed by atoms with van der Waals surface area (Å²) < 4.78 is 13.4. The van der Waals surface area contributed by atoms with E-state index in [1.807, 2.05) is 0 Å². The Morgan fingerprint density at radius 2 is 2.15 bits per heavy atom. The third-order valence-electron chi connectivity index (χ3n) is 2.75. The van der Waals surface area contributed by atoms with Gasteiger partial charge >= 0.3 is 0 Å². The third kappa shape index (κ3) is 3.36. The van der Waals surface area contributed by atoms with Crippen LogP contribution in [0.4, 0.5) is 4.39 Å². The van der Waals surface area contributed by atoms with E-state index in [-0.39, 0.29) is 30.3 Å². The highest BCUT2D eigenvalue weighted by molar-refractivity contribution is 5.91. The number of halogens is 1. The molecule has 20 heavy (non-hydrogen) atoms. The van der Waals surface area contributed by atoms with Crippen LogP contribution in [0, 0.1) is 12.7 Å². The summed E-state index contributed by atoms with van der Waals surface area (Å²) in [5, 5.41) is 11.5. The first-order chi connectivity index (χ1) is 9.60. The number of hydrogen-bond acceptors (Lipinski definition) is 4. The molecule has 1 aromatic carbocycles. The molecule has 0 aliphatic carbocycles. The van der Waals surface area contributed by atoms with Crippen LogP contribution in [0.1, 0.15) is 27.3 Å². The fourth-order valence-corrected chi connectivity index (χ4v) is 1.61. The molecule has 0 radical (unpaired) electrons. The van der Waals surface area contributed by atoms with Crippen LogP contribution in [0.15, 0.2) is 30.6 Å². The molecule has 0 bridgehead atoms. The third-order valence-corrected chi connectivity index (χ3v) is 2.75. The number of aliphatic hydroxyl groups excluding tert-OH is 1. The standard InChI is InChI=1S/C14H14FN3O2/c1-9-5-17-13(7-16-9)14(20)18-6-10-2-3-11(8-19)12(15)4-10/h2-5,7,19H,6,8H2,1H3,(H,18,20). The van der Waals surface area contributed by atoms with Crippen molar-refractivity contribution in [3.05, 3.63) is 58.9 Å². The quantitative estimate of drug-likeness (QED) is 0.883. The Balaban J connectivity index is 1.99. The highest BCUT2D eigenvalue weighted by atomic mass is 19.1. The lowest BCUT2D eigenvalue weighted by Crippen LogP contribution is -2.24. The predicted molar refractivity (Wildman–Crippen MR) is 70.3 cm³/mol. The van der Waals surface area contributed by atoms with Crippen LogP contribution >= 0.6 is 0 Å². The number of benzene rings is 1. The van der Waals surface area contributed by atoms with Gasteiger partial charge in [0.15, 0.2) is 0 Å². The van der Waals surface area contributed by atoms with Gasteiger partial charge in [0.25, 0.3) is 5.91 Å². The molecule has 0 unspecified atom stereocenters. The number of nitrogens with zero attached hydrogens (tertiary/aromatic N) is 2. The van der Waals surface area contributed by atoms with Crippen LogP contribution < -0.4 is 5.32 Å². The first-order valence-corrected chi connectivity index (χ1v) is 6.05. The van der Waals surface area contributed by atoms with Gasteiger partial charge in [0, 0.05) is 18.3 Å². The Hall–Kier alpha value is -2.34. The topological polar surface area (TPSA) is 75.1 Å². The molecule has 0 saturated heterocycles. The van der Waals surface area contributed by atoms with Crippen LogP contribution in [0.3, 0.4) is 0 Å². The molecule has 1 heterocycles. The van der Waals surface area contributed by atoms with Crippen molar-refractivity contribution < 1.29 is 14.3 Å². The van der Waals surface area contributed by atoms with Crippen molar-refractivity contribution in [2.45, 2.75) is 20.1 Å². The Kier molecular flexibility index (Phi) is 4.37. The monoisotopic (exact) mass is 275 g/mol. The first-order valence-electron chi connectivity index (χ1n) is 6.05. The number of carbonyl (C=O) groups is 1. The molecule has 0 fully saturated rings. The second-order valence-corrected chi connectivity index (χ2v) is 4.31. The molecule has 0 spiro atoms. The maximum absolute atomic E-state index is 13.4. The molecular formula is C14H14FN3O2. The molecule has 104 valence electrons. The van der Waals surface area contributed by atoms with Crippen molar-refractivity contribution in [2.75, 3.05) is 0 Å². The van der Waals surface area contributed by atoms with E-state index in [1.165, 1.54) is 24.5 Å². The molecule has 2 N–H and O–H groups in total. The van der Waals surface area contributed by atoms with E-state index in [0.717, 1.165) is 5.69 Å². The van der Waals surface area contributed by atoms with Gasteiger partial charge < -0.3 is 10.4 Å². The van der Waals surface area contributed by atoms with Gasteiger partial charge in [-0.3, -0.25) is 9.78 Å². The summed E-state index contributed by atoms with van der Waals surface area (Å²) in [4.78, 5) is 19.7. The smallest absolute Gasteiger partial charge is 0.271 e. The normalized spacial score (nSPS) is 10.3. The van der Waals surface area contributed by atoms with E-state index in [4.69, 9.17) is 5.11 Å². The largest absolute Gasteiger partial charge is 0.392 e. The van der Waals surface area contributed by atoms with Gasteiger partial charge in [0.1, 0.15) is 11.5 Å². The summed E-state index contributed by atoms with van der Waals surface area (Å²) >= 11 is 0. The van der Waals surface area contributed by atoms with Crippen LogP contribution in [0.25, 0.3) is 0 Å². The second kappa shape index (κ2) is 6.21. The molecule has 0 aliphatic heterocycles. The summed E-state index contributed by atoms with van der Waals surface area (Å²) in [6, 6.07) is 4.42. The maximum Gasteiger partial charge on any atom is 0.271 e. The number of rotatable bonds is 4. The number of nitrogens with one attached hydrogen (secondary N) is 1. The second-order valence-electron chi connectivity index (χ2n) is 4.31. The highest BCUT2D eigenvalue weighted by Crippen LogP contribution is 2.10. The highest BCUT2D eigenvalue weighted by Gasteiger charge is 2.08. The first kappa shape index (κ1) is 14.1. The van der Waals surface area contributed by atoms with Crippen molar-refractivity contribution in [2.24, 2.45) is 0 Å². The molecule has 2 aromatic rings. The fraction of sp³-hybridized carbons (Fsp3) is 0.214. The number of aryl methyl sites for hydroxylation is 1. The van der Waals surface area contributed by atoms with E-state index in [2.05, 4.69) is 15.3 Å². The Bertz CT molecular complexity index is 614. The van der Waals surface area contributed by atoms with Crippen LogP contribution in [0.2, 0.25) is 0 Å². The van der Waals surface area contributed by atoms with Crippen LogP contribution in [0.5, 0.6) is 0 Å². The van der Waals surface area contributed by atoms with E-state index in [1.54, 1.807) is 13.0 Å². The molecular weight excluding hydrogens is 261 g/mol. The lowest BCUT2D eigenvalue weighted by molar-refractivity contribution is 0.0945. The minimum atomic E-state index is -0.491. The zero-order valence-corrected chi connectivity index (χ0v) is 10.9. The Morgan fingerprint density at radius 1 is 1.35 bits per heavy atom. The van der Waals surface area contributed by atoms with Gasteiger partial charge in [-0.05, 0) is 18.6 Å². The molecule has 2 rings (SSSR count). The molecule has 0 saturated carbocycles. The van der Waals surface area contributed by atoms with E-state index in [0.29, 0.717) is 5.56 Å². The lowest BCUT2D eigenvalue weighted by Gasteiger charge is -2.06. The average molecular weight is 275 g/mol. The van der Waals surface area contributed by atoms with Crippen molar-refractivity contribution in [3.8, 4) is 0 Å². The number of aromatic nitrogens is 2. The zero-order chi connectivity index (χ0) is 14.5. The molecule has 1 aromatic heterocycles. The number of amides is 1. The van der Waals surface area contributed by atoms with Gasteiger partial charge in [0.05, 0.1) is 18.5 Å². The number of carbonyl (C=O) groups excluding carboxylic acids is 1. The fourth-order valence-electron chi connectivity index (χ4n) is 1.61. The minimum absolute atomic E-state index is 0.178. The summed E-state index contributed by atoms with van der Waals surface area (Å²) in [5.74, 6) is -0.862. The van der Waals surface area contributed by atoms with Crippen LogP contribution in [-0.2, 0) is 13.2 Å². The molecule has 0 atom stereocenters. The molecule has 5 nitrogen and oxygen atoms in total. The minimum Gasteiger partial charge on any atom is -0.392 e. The average Bonchev–Trinajstić information content (AvgIpc) is 2.45. The number of hydrogen-bond donors (Lipinski definition) is 2. The van der Waals surface area contributed by atoms with Gasteiger partial charge in [0.2, 0.25) is 0 Å². The van der Waals surface area contributed by atoms with Gasteiger partial charge in [-0.2, -0.15) is 0 Å². The summed E-state index contributed by atoms with van der Waals surface area (Å²) in [6.45, 7) is 1.61. The van der Waals surface area contributed by atoms with E-state index >= 15 is 0 Å². The summed E-state index contributed by atoms with van der Waals surface area (Å²) in [6.07, 6.45) is 2.89. The Morgan fingerprint density at radius 3 is 2.75 bits per heavy atom. The van der Waals surface area contributed by atoms with Crippen molar-refractivity contribution in [3.63, 3.8) is 0 Å².